The highest BCUT2D eigenvalue weighted by Gasteiger charge is 2.24. The van der Waals surface area contributed by atoms with Gasteiger partial charge in [0.2, 0.25) is 10.0 Å². The van der Waals surface area contributed by atoms with Crippen LogP contribution in [0.1, 0.15) is 62.1 Å². The Morgan fingerprint density at radius 2 is 1.76 bits per heavy atom. The molecular weight excluding hydrogens is 548 g/mol. The molecule has 0 aliphatic carbocycles. The second kappa shape index (κ2) is 14.5. The van der Waals surface area contributed by atoms with Crippen LogP contribution in [-0.4, -0.2) is 75.1 Å². The zero-order chi connectivity index (χ0) is 30.2. The molecule has 0 spiro atoms. The summed E-state index contributed by atoms with van der Waals surface area (Å²) in [6.45, 7) is 7.83. The van der Waals surface area contributed by atoms with Gasteiger partial charge in [0.1, 0.15) is 11.8 Å². The van der Waals surface area contributed by atoms with Crippen LogP contribution in [0.15, 0.2) is 42.5 Å². The molecule has 0 radical (unpaired) electrons. The van der Waals surface area contributed by atoms with Crippen LogP contribution < -0.4 is 20.3 Å². The Balaban J connectivity index is 1.50. The fraction of sp³-hybridized carbons (Fsp3) is 0.517. The fourth-order valence-electron chi connectivity index (χ4n) is 4.77. The van der Waals surface area contributed by atoms with Gasteiger partial charge >= 0.3 is 5.97 Å². The predicted octanol–water partition coefficient (Wildman–Crippen LogP) is 2.76. The summed E-state index contributed by atoms with van der Waals surface area (Å²) < 4.78 is 30.4. The maximum atomic E-state index is 12.8. The van der Waals surface area contributed by atoms with Crippen LogP contribution in [0.3, 0.4) is 0 Å². The highest BCUT2D eigenvalue weighted by molar-refractivity contribution is 7.92. The van der Waals surface area contributed by atoms with Crippen molar-refractivity contribution < 1.29 is 33.0 Å². The normalized spacial score (nSPS) is 15.8. The van der Waals surface area contributed by atoms with Gasteiger partial charge in [0, 0.05) is 36.9 Å². The van der Waals surface area contributed by atoms with E-state index in [1.54, 1.807) is 25.1 Å². The number of phenols is 1. The third-order valence-electron chi connectivity index (χ3n) is 6.87. The van der Waals surface area contributed by atoms with Crippen LogP contribution in [0.4, 0.5) is 11.4 Å². The lowest BCUT2D eigenvalue weighted by Gasteiger charge is -2.34. The van der Waals surface area contributed by atoms with Gasteiger partial charge in [0.25, 0.3) is 5.91 Å². The van der Waals surface area contributed by atoms with Gasteiger partial charge in [-0.25, -0.2) is 13.2 Å². The van der Waals surface area contributed by atoms with E-state index in [2.05, 4.69) is 20.3 Å². The SMILES string of the molecule is CCOC(=O)[C@H](CC(C)C)NC(=O)c1ccc(N2CCC(NC[C@@H](O)c3ccc(O)c(NS(C)(=O)=O)c3)CC2)cc1. The van der Waals surface area contributed by atoms with E-state index in [9.17, 15) is 28.2 Å². The first-order valence-corrected chi connectivity index (χ1v) is 15.8. The van der Waals surface area contributed by atoms with Crippen molar-refractivity contribution in [1.29, 1.82) is 0 Å². The summed E-state index contributed by atoms with van der Waals surface area (Å²) in [4.78, 5) is 27.3. The molecule has 1 heterocycles. The van der Waals surface area contributed by atoms with Crippen LogP contribution in [0, 0.1) is 5.92 Å². The molecule has 0 aromatic heterocycles. The number of amides is 1. The molecular formula is C29H42N4O7S. The van der Waals surface area contributed by atoms with Crippen molar-refractivity contribution in [2.75, 3.05) is 42.1 Å². The molecule has 5 N–H and O–H groups in total. The van der Waals surface area contributed by atoms with E-state index in [1.807, 2.05) is 26.0 Å². The molecule has 1 aliphatic heterocycles. The van der Waals surface area contributed by atoms with Crippen LogP contribution in [0.5, 0.6) is 5.75 Å². The number of rotatable bonds is 13. The van der Waals surface area contributed by atoms with Crippen LogP contribution in [0.2, 0.25) is 0 Å². The van der Waals surface area contributed by atoms with E-state index in [0.717, 1.165) is 37.9 Å². The number of aliphatic hydroxyl groups is 1. The highest BCUT2D eigenvalue weighted by atomic mass is 32.2. The van der Waals surface area contributed by atoms with Crippen molar-refractivity contribution >= 4 is 33.3 Å². The number of benzene rings is 2. The van der Waals surface area contributed by atoms with Gasteiger partial charge in [-0.1, -0.05) is 19.9 Å². The van der Waals surface area contributed by atoms with E-state index in [4.69, 9.17) is 4.74 Å². The van der Waals surface area contributed by atoms with Crippen molar-refractivity contribution in [3.05, 3.63) is 53.6 Å². The summed E-state index contributed by atoms with van der Waals surface area (Å²) in [6.07, 6.45) is 2.31. The van der Waals surface area contributed by atoms with Gasteiger partial charge in [-0.3, -0.25) is 9.52 Å². The molecule has 0 saturated carbocycles. The average molecular weight is 591 g/mol. The van der Waals surface area contributed by atoms with Gasteiger partial charge in [0.15, 0.2) is 0 Å². The zero-order valence-corrected chi connectivity index (χ0v) is 24.9. The number of carbonyl (C=O) groups is 2. The smallest absolute Gasteiger partial charge is 0.328 e. The first-order valence-electron chi connectivity index (χ1n) is 13.9. The molecule has 11 nitrogen and oxygen atoms in total. The van der Waals surface area contributed by atoms with Gasteiger partial charge in [0.05, 0.1) is 24.7 Å². The predicted molar refractivity (Wildman–Crippen MR) is 159 cm³/mol. The Morgan fingerprint density at radius 1 is 1.10 bits per heavy atom. The second-order valence-electron chi connectivity index (χ2n) is 10.8. The number of carbonyl (C=O) groups excluding carboxylic acids is 2. The number of aliphatic hydroxyl groups excluding tert-OH is 1. The minimum atomic E-state index is -3.57. The molecule has 1 fully saturated rings. The Kier molecular flexibility index (Phi) is 11.4. The lowest BCUT2D eigenvalue weighted by atomic mass is 10.0. The lowest BCUT2D eigenvalue weighted by molar-refractivity contribution is -0.145. The Hall–Kier alpha value is -3.35. The first kappa shape index (κ1) is 32.2. The summed E-state index contributed by atoms with van der Waals surface area (Å²) >= 11 is 0. The summed E-state index contributed by atoms with van der Waals surface area (Å²) in [5.41, 5.74) is 1.98. The maximum Gasteiger partial charge on any atom is 0.328 e. The molecule has 12 heteroatoms. The van der Waals surface area contributed by atoms with Crippen molar-refractivity contribution in [3.8, 4) is 5.75 Å². The van der Waals surface area contributed by atoms with E-state index >= 15 is 0 Å². The molecule has 0 bridgehead atoms. The molecule has 1 amide bonds. The maximum absolute atomic E-state index is 12.8. The number of nitrogens with one attached hydrogen (secondary N) is 3. The topological polar surface area (TPSA) is 157 Å². The summed E-state index contributed by atoms with van der Waals surface area (Å²) in [6, 6.07) is 11.2. The Labute approximate surface area is 242 Å². The minimum absolute atomic E-state index is 0.0234. The van der Waals surface area contributed by atoms with Crippen LogP contribution in [-0.2, 0) is 19.6 Å². The highest BCUT2D eigenvalue weighted by Crippen LogP contribution is 2.28. The number of piperidine rings is 1. The molecule has 41 heavy (non-hydrogen) atoms. The van der Waals surface area contributed by atoms with Gasteiger partial charge in [-0.2, -0.15) is 0 Å². The van der Waals surface area contributed by atoms with Crippen molar-refractivity contribution in [1.82, 2.24) is 10.6 Å². The second-order valence-corrected chi connectivity index (χ2v) is 12.5. The third-order valence-corrected chi connectivity index (χ3v) is 7.46. The minimum Gasteiger partial charge on any atom is -0.506 e. The van der Waals surface area contributed by atoms with E-state index < -0.39 is 28.1 Å². The van der Waals surface area contributed by atoms with Crippen molar-refractivity contribution in [2.45, 2.75) is 58.2 Å². The van der Waals surface area contributed by atoms with E-state index in [0.29, 0.717) is 17.5 Å². The quantitative estimate of drug-likeness (QED) is 0.175. The number of anilines is 2. The number of sulfonamides is 1. The van der Waals surface area contributed by atoms with Crippen LogP contribution >= 0.6 is 0 Å². The number of hydrogen-bond donors (Lipinski definition) is 5. The van der Waals surface area contributed by atoms with Crippen molar-refractivity contribution in [2.24, 2.45) is 5.92 Å². The number of esters is 1. The standard InChI is InChI=1S/C29H42N4O7S/c1-5-40-29(37)25(16-19(2)3)31-28(36)20-6-9-23(10-7-20)33-14-12-22(13-15-33)30-18-27(35)21-8-11-26(34)24(17-21)32-41(4,38)39/h6-11,17,19,22,25,27,30,32,34-35H,5,12-16,18H2,1-4H3,(H,31,36)/t25-,27+/m0/s1. The van der Waals surface area contributed by atoms with Crippen molar-refractivity contribution in [3.63, 3.8) is 0 Å². The number of phenolic OH excluding ortho intramolecular Hbond substituents is 1. The average Bonchev–Trinajstić information content (AvgIpc) is 2.92. The molecule has 226 valence electrons. The molecule has 1 saturated heterocycles. The number of nitrogens with zero attached hydrogens (tertiary/aromatic N) is 1. The Morgan fingerprint density at radius 3 is 2.34 bits per heavy atom. The van der Waals surface area contributed by atoms with Crippen LogP contribution in [0.25, 0.3) is 0 Å². The van der Waals surface area contributed by atoms with Gasteiger partial charge < -0.3 is 30.5 Å². The molecule has 1 aliphatic rings. The third kappa shape index (κ3) is 9.91. The Bertz CT molecular complexity index is 1280. The molecule has 2 atom stereocenters. The monoisotopic (exact) mass is 590 g/mol. The summed E-state index contributed by atoms with van der Waals surface area (Å²) in [5.74, 6) is -0.735. The van der Waals surface area contributed by atoms with Gasteiger partial charge in [-0.05, 0) is 74.1 Å². The number of aromatic hydroxyl groups is 1. The molecule has 2 aromatic carbocycles. The molecule has 0 unspecified atom stereocenters. The molecule has 3 rings (SSSR count). The summed E-state index contributed by atoms with van der Waals surface area (Å²) in [7, 11) is -3.57. The number of hydrogen-bond acceptors (Lipinski definition) is 9. The van der Waals surface area contributed by atoms with E-state index in [1.165, 1.54) is 12.1 Å². The largest absolute Gasteiger partial charge is 0.506 e. The fourth-order valence-corrected chi connectivity index (χ4v) is 5.34. The van der Waals surface area contributed by atoms with E-state index in [-0.39, 0.29) is 42.5 Å². The lowest BCUT2D eigenvalue weighted by Crippen LogP contribution is -2.43. The summed E-state index contributed by atoms with van der Waals surface area (Å²) in [5, 5.41) is 26.7. The van der Waals surface area contributed by atoms with Gasteiger partial charge in [-0.15, -0.1) is 0 Å². The number of ether oxygens (including phenoxy) is 1. The first-order chi connectivity index (χ1) is 19.4. The molecule has 2 aromatic rings. The zero-order valence-electron chi connectivity index (χ0n) is 24.1.